The summed E-state index contributed by atoms with van der Waals surface area (Å²) >= 11 is 0. The molecule has 0 bridgehead atoms. The summed E-state index contributed by atoms with van der Waals surface area (Å²) in [7, 11) is 1.24. The van der Waals surface area contributed by atoms with Crippen LogP contribution in [0, 0.1) is 0 Å². The lowest BCUT2D eigenvalue weighted by Gasteiger charge is -2.12. The fourth-order valence-corrected chi connectivity index (χ4v) is 2.24. The Bertz CT molecular complexity index is 828. The summed E-state index contributed by atoms with van der Waals surface area (Å²) in [5.74, 6) is -1.19. The number of carbonyl (C=O) groups excluding carboxylic acids is 2. The number of carbonyl (C=O) groups is 2. The molecule has 0 aliphatic rings. The predicted molar refractivity (Wildman–Crippen MR) is 96.1 cm³/mol. The van der Waals surface area contributed by atoms with Crippen molar-refractivity contribution in [3.05, 3.63) is 48.0 Å². The van der Waals surface area contributed by atoms with Gasteiger partial charge in [-0.05, 0) is 37.3 Å². The summed E-state index contributed by atoms with van der Waals surface area (Å²) in [5, 5.41) is 2.59. The molecule has 0 aliphatic carbocycles. The number of esters is 1. The van der Waals surface area contributed by atoms with Gasteiger partial charge in [-0.2, -0.15) is 8.78 Å². The van der Waals surface area contributed by atoms with Gasteiger partial charge in [0.2, 0.25) is 0 Å². The molecule has 1 amide bonds. The van der Waals surface area contributed by atoms with Gasteiger partial charge in [0.05, 0.1) is 25.0 Å². The zero-order valence-electron chi connectivity index (χ0n) is 15.2. The van der Waals surface area contributed by atoms with Crippen LogP contribution in [0.2, 0.25) is 0 Å². The Balaban J connectivity index is 1.97. The molecule has 0 saturated carbocycles. The van der Waals surface area contributed by atoms with Gasteiger partial charge in [0.15, 0.2) is 18.1 Å². The summed E-state index contributed by atoms with van der Waals surface area (Å²) in [5.41, 5.74) is 0.460. The first-order chi connectivity index (χ1) is 13.4. The highest BCUT2D eigenvalue weighted by molar-refractivity contribution is 5.96. The molecule has 28 heavy (non-hydrogen) atoms. The highest BCUT2D eigenvalue weighted by Crippen LogP contribution is 2.29. The third kappa shape index (κ3) is 5.83. The maximum Gasteiger partial charge on any atom is 0.387 e. The Kier molecular flexibility index (Phi) is 7.55. The van der Waals surface area contributed by atoms with E-state index in [9.17, 15) is 18.4 Å². The molecule has 0 heterocycles. The molecule has 2 rings (SSSR count). The van der Waals surface area contributed by atoms with Crippen molar-refractivity contribution < 1.29 is 37.3 Å². The van der Waals surface area contributed by atoms with E-state index in [1.807, 2.05) is 6.92 Å². The van der Waals surface area contributed by atoms with E-state index in [1.165, 1.54) is 19.2 Å². The largest absolute Gasteiger partial charge is 0.493 e. The van der Waals surface area contributed by atoms with Crippen LogP contribution in [0.4, 0.5) is 14.5 Å². The van der Waals surface area contributed by atoms with Crippen LogP contribution >= 0.6 is 0 Å². The normalized spacial score (nSPS) is 10.3. The van der Waals surface area contributed by atoms with Gasteiger partial charge in [-0.3, -0.25) is 4.79 Å². The fourth-order valence-electron chi connectivity index (χ4n) is 2.24. The number of hydrogen-bond acceptors (Lipinski definition) is 6. The third-order valence-electron chi connectivity index (χ3n) is 3.41. The molecule has 0 spiro atoms. The first kappa shape index (κ1) is 20.9. The van der Waals surface area contributed by atoms with Crippen LogP contribution in [-0.4, -0.2) is 38.8 Å². The van der Waals surface area contributed by atoms with Crippen molar-refractivity contribution in [2.24, 2.45) is 0 Å². The number of benzene rings is 2. The van der Waals surface area contributed by atoms with E-state index >= 15 is 0 Å². The minimum Gasteiger partial charge on any atom is -0.493 e. The molecule has 150 valence electrons. The van der Waals surface area contributed by atoms with E-state index in [4.69, 9.17) is 14.2 Å². The van der Waals surface area contributed by atoms with Crippen molar-refractivity contribution in [3.8, 4) is 17.2 Å². The number of halogens is 2. The van der Waals surface area contributed by atoms with Crippen LogP contribution in [0.1, 0.15) is 17.3 Å². The number of alkyl halides is 2. The van der Waals surface area contributed by atoms with E-state index in [2.05, 4.69) is 10.1 Å². The van der Waals surface area contributed by atoms with Crippen LogP contribution in [0.3, 0.4) is 0 Å². The molecular weight excluding hydrogens is 376 g/mol. The van der Waals surface area contributed by atoms with Crippen LogP contribution in [0.5, 0.6) is 17.2 Å². The molecule has 0 unspecified atom stereocenters. The summed E-state index contributed by atoms with van der Waals surface area (Å²) in [6.45, 7) is -1.34. The maximum absolute atomic E-state index is 12.3. The molecule has 7 nitrogen and oxygen atoms in total. The molecule has 0 aromatic heterocycles. The average molecular weight is 395 g/mol. The minimum absolute atomic E-state index is 0.0148. The van der Waals surface area contributed by atoms with Gasteiger partial charge in [0.1, 0.15) is 5.75 Å². The summed E-state index contributed by atoms with van der Waals surface area (Å²) < 4.78 is 44.2. The number of methoxy groups -OCH3 is 1. The topological polar surface area (TPSA) is 83.1 Å². The van der Waals surface area contributed by atoms with E-state index in [-0.39, 0.29) is 17.1 Å². The van der Waals surface area contributed by atoms with Gasteiger partial charge in [0.25, 0.3) is 5.91 Å². The number of ether oxygens (including phenoxy) is 4. The lowest BCUT2D eigenvalue weighted by Crippen LogP contribution is -2.21. The quantitative estimate of drug-likeness (QED) is 0.655. The summed E-state index contributed by atoms with van der Waals surface area (Å²) in [6.07, 6.45) is 0. The van der Waals surface area contributed by atoms with Crippen LogP contribution < -0.4 is 19.5 Å². The predicted octanol–water partition coefficient (Wildman–Crippen LogP) is 3.49. The van der Waals surface area contributed by atoms with E-state index < -0.39 is 25.1 Å². The number of anilines is 1. The fraction of sp³-hybridized carbons (Fsp3) is 0.263. The Morgan fingerprint density at radius 1 is 1.07 bits per heavy atom. The summed E-state index contributed by atoms with van der Waals surface area (Å²) in [4.78, 5) is 24.1. The lowest BCUT2D eigenvalue weighted by molar-refractivity contribution is -0.119. The van der Waals surface area contributed by atoms with Crippen molar-refractivity contribution in [1.82, 2.24) is 0 Å². The van der Waals surface area contributed by atoms with Crippen LogP contribution in [0.15, 0.2) is 42.5 Å². The molecule has 0 radical (unpaired) electrons. The van der Waals surface area contributed by atoms with Gasteiger partial charge in [0, 0.05) is 0 Å². The molecule has 0 fully saturated rings. The second-order valence-electron chi connectivity index (χ2n) is 5.30. The molecule has 0 atom stereocenters. The average Bonchev–Trinajstić information content (AvgIpc) is 2.67. The van der Waals surface area contributed by atoms with E-state index in [1.54, 1.807) is 24.3 Å². The molecular formula is C19H19F2NO6. The molecule has 0 aliphatic heterocycles. The molecule has 2 aromatic carbocycles. The number of hydrogen-bond donors (Lipinski definition) is 1. The monoisotopic (exact) mass is 395 g/mol. The molecule has 2 aromatic rings. The number of para-hydroxylation sites is 2. The molecule has 1 N–H and O–H groups in total. The highest BCUT2D eigenvalue weighted by atomic mass is 19.3. The van der Waals surface area contributed by atoms with Crippen molar-refractivity contribution >= 4 is 17.6 Å². The Hall–Kier alpha value is -3.36. The van der Waals surface area contributed by atoms with Gasteiger partial charge >= 0.3 is 12.6 Å². The zero-order chi connectivity index (χ0) is 20.5. The highest BCUT2D eigenvalue weighted by Gasteiger charge is 2.16. The van der Waals surface area contributed by atoms with Crippen LogP contribution in [0.25, 0.3) is 0 Å². The number of nitrogens with one attached hydrogen (secondary N) is 1. The van der Waals surface area contributed by atoms with Crippen LogP contribution in [-0.2, 0) is 9.53 Å². The molecule has 0 saturated heterocycles. The molecule has 9 heteroatoms. The van der Waals surface area contributed by atoms with Gasteiger partial charge in [-0.25, -0.2) is 4.79 Å². The minimum atomic E-state index is -3.03. The second-order valence-corrected chi connectivity index (χ2v) is 5.30. The van der Waals surface area contributed by atoms with E-state index in [0.717, 1.165) is 6.07 Å². The maximum atomic E-state index is 12.3. The Labute approximate surface area is 160 Å². The van der Waals surface area contributed by atoms with Crippen molar-refractivity contribution in [2.75, 3.05) is 25.6 Å². The van der Waals surface area contributed by atoms with Gasteiger partial charge < -0.3 is 24.3 Å². The van der Waals surface area contributed by atoms with E-state index in [0.29, 0.717) is 18.0 Å². The van der Waals surface area contributed by atoms with Gasteiger partial charge in [-0.1, -0.05) is 12.1 Å². The Morgan fingerprint density at radius 2 is 1.82 bits per heavy atom. The van der Waals surface area contributed by atoms with Gasteiger partial charge in [-0.15, -0.1) is 0 Å². The Morgan fingerprint density at radius 3 is 2.50 bits per heavy atom. The first-order valence-corrected chi connectivity index (χ1v) is 8.26. The first-order valence-electron chi connectivity index (χ1n) is 8.26. The number of rotatable bonds is 9. The van der Waals surface area contributed by atoms with Crippen molar-refractivity contribution in [1.29, 1.82) is 0 Å². The lowest BCUT2D eigenvalue weighted by atomic mass is 10.2. The standard InChI is InChI=1S/C19H19F2NO6/c1-3-26-14-7-5-4-6-13(14)22-17(23)11-27-18(24)12-8-9-15(28-19(20)21)16(10-12)25-2/h4-10,19H,3,11H2,1-2H3,(H,22,23). The SMILES string of the molecule is CCOc1ccccc1NC(=O)COC(=O)c1ccc(OC(F)F)c(OC)c1. The smallest absolute Gasteiger partial charge is 0.387 e. The third-order valence-corrected chi connectivity index (χ3v) is 3.41. The number of amides is 1. The summed E-state index contributed by atoms with van der Waals surface area (Å²) in [6, 6.07) is 10.4. The van der Waals surface area contributed by atoms with Crippen molar-refractivity contribution in [2.45, 2.75) is 13.5 Å². The second kappa shape index (κ2) is 10.1. The zero-order valence-corrected chi connectivity index (χ0v) is 15.2. The van der Waals surface area contributed by atoms with Crippen molar-refractivity contribution in [3.63, 3.8) is 0 Å².